The van der Waals surface area contributed by atoms with E-state index in [0.717, 1.165) is 0 Å². The van der Waals surface area contributed by atoms with Crippen molar-refractivity contribution in [1.29, 1.82) is 0 Å². The minimum atomic E-state index is 0.0945. The van der Waals surface area contributed by atoms with Crippen molar-refractivity contribution in [3.63, 3.8) is 0 Å². The van der Waals surface area contributed by atoms with Crippen molar-refractivity contribution >= 4 is 5.78 Å². The van der Waals surface area contributed by atoms with Crippen LogP contribution in [0.3, 0.4) is 0 Å². The van der Waals surface area contributed by atoms with E-state index in [1.165, 1.54) is 0 Å². The zero-order valence-corrected chi connectivity index (χ0v) is 6.14. The van der Waals surface area contributed by atoms with Crippen LogP contribution in [0.4, 0.5) is 0 Å². The van der Waals surface area contributed by atoms with Crippen molar-refractivity contribution in [1.82, 2.24) is 5.32 Å². The average molecular weight is 127 g/mol. The Kier molecular flexibility index (Phi) is 3.97. The Morgan fingerprint density at radius 2 is 2.22 bits per heavy atom. The third-order valence-corrected chi connectivity index (χ3v) is 1.07. The summed E-state index contributed by atoms with van der Waals surface area (Å²) < 4.78 is 0. The van der Waals surface area contributed by atoms with Gasteiger partial charge in [-0.1, -0.05) is 6.08 Å². The molecule has 1 atom stereocenters. The van der Waals surface area contributed by atoms with Gasteiger partial charge in [-0.3, -0.25) is 4.79 Å². The lowest BCUT2D eigenvalue weighted by molar-refractivity contribution is -0.112. The van der Waals surface area contributed by atoms with E-state index < -0.39 is 0 Å². The van der Waals surface area contributed by atoms with E-state index in [1.807, 2.05) is 20.0 Å². The highest BCUT2D eigenvalue weighted by atomic mass is 16.1. The summed E-state index contributed by atoms with van der Waals surface area (Å²) in [5.41, 5.74) is 0. The van der Waals surface area contributed by atoms with Gasteiger partial charge in [-0.05, 0) is 27.0 Å². The van der Waals surface area contributed by atoms with Gasteiger partial charge in [0.25, 0.3) is 0 Å². The Hall–Kier alpha value is -0.630. The number of nitrogens with one attached hydrogen (secondary N) is 1. The number of ketones is 1. The lowest BCUT2D eigenvalue weighted by Gasteiger charge is -1.99. The van der Waals surface area contributed by atoms with E-state index in [-0.39, 0.29) is 11.8 Å². The summed E-state index contributed by atoms with van der Waals surface area (Å²) in [4.78, 5) is 10.3. The van der Waals surface area contributed by atoms with Crippen LogP contribution in [0.2, 0.25) is 0 Å². The van der Waals surface area contributed by atoms with E-state index in [9.17, 15) is 4.79 Å². The van der Waals surface area contributed by atoms with Crippen LogP contribution in [-0.4, -0.2) is 18.9 Å². The SMILES string of the molecule is CNC(C)/C=C\C(C)=O. The highest BCUT2D eigenvalue weighted by Gasteiger charge is 1.88. The molecule has 0 fully saturated rings. The van der Waals surface area contributed by atoms with Crippen molar-refractivity contribution in [3.8, 4) is 0 Å². The zero-order valence-electron chi connectivity index (χ0n) is 6.14. The molecule has 0 aliphatic rings. The molecule has 0 aromatic carbocycles. The van der Waals surface area contributed by atoms with Gasteiger partial charge >= 0.3 is 0 Å². The van der Waals surface area contributed by atoms with Crippen molar-refractivity contribution < 1.29 is 4.79 Å². The summed E-state index contributed by atoms with van der Waals surface area (Å²) in [5.74, 6) is 0.0945. The largest absolute Gasteiger partial charge is 0.314 e. The molecule has 0 heterocycles. The molecule has 2 nitrogen and oxygen atoms in total. The van der Waals surface area contributed by atoms with Gasteiger partial charge in [0.2, 0.25) is 0 Å². The Balaban J connectivity index is 3.56. The van der Waals surface area contributed by atoms with Crippen molar-refractivity contribution in [3.05, 3.63) is 12.2 Å². The molecular formula is C7H13NO. The maximum Gasteiger partial charge on any atom is 0.152 e. The normalized spacial score (nSPS) is 14.1. The summed E-state index contributed by atoms with van der Waals surface area (Å²) in [6.07, 6.45) is 3.41. The molecular weight excluding hydrogens is 114 g/mol. The Morgan fingerprint density at radius 1 is 1.67 bits per heavy atom. The molecule has 0 aromatic heterocycles. The molecule has 2 heteroatoms. The fourth-order valence-electron chi connectivity index (χ4n) is 0.376. The summed E-state index contributed by atoms with van der Waals surface area (Å²) in [5, 5.41) is 2.98. The van der Waals surface area contributed by atoms with E-state index >= 15 is 0 Å². The van der Waals surface area contributed by atoms with Crippen LogP contribution in [0, 0.1) is 0 Å². The van der Waals surface area contributed by atoms with Gasteiger partial charge in [-0.2, -0.15) is 0 Å². The zero-order chi connectivity index (χ0) is 7.28. The van der Waals surface area contributed by atoms with E-state index in [1.54, 1.807) is 13.0 Å². The maximum absolute atomic E-state index is 10.3. The third-order valence-electron chi connectivity index (χ3n) is 1.07. The fraction of sp³-hybridized carbons (Fsp3) is 0.571. The second-order valence-corrected chi connectivity index (χ2v) is 2.05. The summed E-state index contributed by atoms with van der Waals surface area (Å²) >= 11 is 0. The quantitative estimate of drug-likeness (QED) is 0.566. The summed E-state index contributed by atoms with van der Waals surface area (Å²) in [6.45, 7) is 3.53. The first-order valence-corrected chi connectivity index (χ1v) is 3.03. The van der Waals surface area contributed by atoms with Gasteiger partial charge in [-0.25, -0.2) is 0 Å². The number of carbonyl (C=O) groups is 1. The second kappa shape index (κ2) is 4.27. The van der Waals surface area contributed by atoms with Crippen LogP contribution in [0.15, 0.2) is 12.2 Å². The molecule has 52 valence electrons. The van der Waals surface area contributed by atoms with Crippen LogP contribution >= 0.6 is 0 Å². The minimum absolute atomic E-state index is 0.0945. The first-order chi connectivity index (χ1) is 4.16. The standard InChI is InChI=1S/C7H13NO/c1-6(8-3)4-5-7(2)9/h4-6,8H,1-3H3/b5-4-. The van der Waals surface area contributed by atoms with Gasteiger partial charge in [0, 0.05) is 6.04 Å². The second-order valence-electron chi connectivity index (χ2n) is 2.05. The first kappa shape index (κ1) is 8.37. The molecule has 0 bridgehead atoms. The summed E-state index contributed by atoms with van der Waals surface area (Å²) in [7, 11) is 1.86. The molecule has 0 spiro atoms. The fourth-order valence-corrected chi connectivity index (χ4v) is 0.376. The van der Waals surface area contributed by atoms with E-state index in [4.69, 9.17) is 0 Å². The van der Waals surface area contributed by atoms with E-state index in [2.05, 4.69) is 5.32 Å². The minimum Gasteiger partial charge on any atom is -0.314 e. The predicted molar refractivity (Wildman–Crippen MR) is 38.3 cm³/mol. The van der Waals surface area contributed by atoms with Crippen molar-refractivity contribution in [2.24, 2.45) is 0 Å². The smallest absolute Gasteiger partial charge is 0.152 e. The number of carbonyl (C=O) groups excluding carboxylic acids is 1. The lowest BCUT2D eigenvalue weighted by atomic mass is 10.3. The van der Waals surface area contributed by atoms with E-state index in [0.29, 0.717) is 0 Å². The van der Waals surface area contributed by atoms with Crippen LogP contribution in [0.25, 0.3) is 0 Å². The van der Waals surface area contributed by atoms with Crippen LogP contribution in [0.1, 0.15) is 13.8 Å². The number of rotatable bonds is 3. The van der Waals surface area contributed by atoms with Gasteiger partial charge < -0.3 is 5.32 Å². The molecule has 1 N–H and O–H groups in total. The number of hydrogen-bond acceptors (Lipinski definition) is 2. The maximum atomic E-state index is 10.3. The van der Waals surface area contributed by atoms with Gasteiger partial charge in [0.15, 0.2) is 5.78 Å². The molecule has 0 radical (unpaired) electrons. The Labute approximate surface area is 56.0 Å². The van der Waals surface area contributed by atoms with Gasteiger partial charge in [0.05, 0.1) is 0 Å². The van der Waals surface area contributed by atoms with Crippen molar-refractivity contribution in [2.75, 3.05) is 7.05 Å². The molecule has 9 heavy (non-hydrogen) atoms. The molecule has 0 aromatic rings. The number of allylic oxidation sites excluding steroid dienone is 1. The number of likely N-dealkylation sites (N-methyl/N-ethyl adjacent to an activating group) is 1. The molecule has 1 unspecified atom stereocenters. The third kappa shape index (κ3) is 5.24. The Bertz CT molecular complexity index is 118. The molecule has 0 rings (SSSR count). The molecule has 0 saturated carbocycles. The topological polar surface area (TPSA) is 29.1 Å². The van der Waals surface area contributed by atoms with Crippen molar-refractivity contribution in [2.45, 2.75) is 19.9 Å². The van der Waals surface area contributed by atoms with Crippen LogP contribution in [0.5, 0.6) is 0 Å². The van der Waals surface area contributed by atoms with Gasteiger partial charge in [-0.15, -0.1) is 0 Å². The van der Waals surface area contributed by atoms with Crippen LogP contribution in [-0.2, 0) is 4.79 Å². The first-order valence-electron chi connectivity index (χ1n) is 3.03. The monoisotopic (exact) mass is 127 g/mol. The lowest BCUT2D eigenvalue weighted by Crippen LogP contribution is -2.18. The Morgan fingerprint density at radius 3 is 2.56 bits per heavy atom. The molecule has 0 amide bonds. The highest BCUT2D eigenvalue weighted by molar-refractivity contribution is 5.87. The average Bonchev–Trinajstić information content (AvgIpc) is 1.83. The van der Waals surface area contributed by atoms with Gasteiger partial charge in [0.1, 0.15) is 0 Å². The highest BCUT2D eigenvalue weighted by Crippen LogP contribution is 1.82. The number of hydrogen-bond donors (Lipinski definition) is 1. The predicted octanol–water partition coefficient (Wildman–Crippen LogP) is 0.739. The summed E-state index contributed by atoms with van der Waals surface area (Å²) in [6, 6.07) is 0.286. The molecule has 0 aliphatic heterocycles. The molecule has 0 aliphatic carbocycles. The van der Waals surface area contributed by atoms with Crippen LogP contribution < -0.4 is 5.32 Å². The molecule has 0 saturated heterocycles.